The molecule has 0 bridgehead atoms. The summed E-state index contributed by atoms with van der Waals surface area (Å²) in [6.07, 6.45) is 0. The van der Waals surface area contributed by atoms with Crippen LogP contribution in [0.25, 0.3) is 0 Å². The minimum atomic E-state index is -0.422. The van der Waals surface area contributed by atoms with Gasteiger partial charge in [-0.2, -0.15) is 0 Å². The molecule has 0 unspecified atom stereocenters. The van der Waals surface area contributed by atoms with Gasteiger partial charge in [0.25, 0.3) is 5.91 Å². The van der Waals surface area contributed by atoms with Crippen LogP contribution in [0.3, 0.4) is 0 Å². The molecule has 1 heterocycles. The fourth-order valence-electron chi connectivity index (χ4n) is 2.94. The number of esters is 1. The van der Waals surface area contributed by atoms with Crippen molar-refractivity contribution in [1.29, 1.82) is 0 Å². The number of thiazole rings is 1. The summed E-state index contributed by atoms with van der Waals surface area (Å²) in [4.78, 5) is 32.1. The van der Waals surface area contributed by atoms with Gasteiger partial charge in [-0.25, -0.2) is 9.78 Å². The van der Waals surface area contributed by atoms with Gasteiger partial charge in [-0.05, 0) is 37.1 Å². The molecule has 2 aromatic carbocycles. The molecule has 0 N–H and O–H groups in total. The minimum Gasteiger partial charge on any atom is -0.462 e. The largest absolute Gasteiger partial charge is 0.462 e. The van der Waals surface area contributed by atoms with Crippen LogP contribution in [0.15, 0.2) is 54.6 Å². The number of carbonyl (C=O) groups is 2. The molecule has 6 nitrogen and oxygen atoms in total. The Morgan fingerprint density at radius 1 is 1.03 bits per heavy atom. The van der Waals surface area contributed by atoms with E-state index in [0.717, 1.165) is 11.1 Å². The Morgan fingerprint density at radius 3 is 2.37 bits per heavy atom. The predicted octanol–water partition coefficient (Wildman–Crippen LogP) is 4.62. The standard InChI is InChI=1S/C23H24N2O4S/c1-4-29-22(27)20-16(2)24-23(30-20)25(14-17-8-6-5-7-9-17)21(26)19-12-10-18(11-13-19)15-28-3/h5-13H,4,14-15H2,1-3H3. The Hall–Kier alpha value is -3.03. The molecule has 30 heavy (non-hydrogen) atoms. The van der Waals surface area contributed by atoms with Crippen LogP contribution in [0.5, 0.6) is 0 Å². The molecule has 156 valence electrons. The van der Waals surface area contributed by atoms with Crippen molar-refractivity contribution in [3.05, 3.63) is 81.9 Å². The van der Waals surface area contributed by atoms with Crippen LogP contribution in [0.1, 0.15) is 43.8 Å². The van der Waals surface area contributed by atoms with E-state index in [1.807, 2.05) is 42.5 Å². The van der Waals surface area contributed by atoms with Crippen molar-refractivity contribution in [2.24, 2.45) is 0 Å². The summed E-state index contributed by atoms with van der Waals surface area (Å²) in [5, 5.41) is 0.463. The third-order valence-corrected chi connectivity index (χ3v) is 5.58. The lowest BCUT2D eigenvalue weighted by molar-refractivity contribution is 0.0531. The van der Waals surface area contributed by atoms with Crippen LogP contribution in [0.4, 0.5) is 5.13 Å². The van der Waals surface area contributed by atoms with Gasteiger partial charge in [-0.3, -0.25) is 9.69 Å². The number of hydrogen-bond donors (Lipinski definition) is 0. The highest BCUT2D eigenvalue weighted by molar-refractivity contribution is 7.17. The van der Waals surface area contributed by atoms with E-state index in [2.05, 4.69) is 4.98 Å². The van der Waals surface area contributed by atoms with Gasteiger partial charge >= 0.3 is 5.97 Å². The van der Waals surface area contributed by atoms with Gasteiger partial charge in [0.1, 0.15) is 4.88 Å². The molecule has 3 rings (SSSR count). The third-order valence-electron chi connectivity index (χ3n) is 4.42. The fourth-order valence-corrected chi connectivity index (χ4v) is 3.90. The maximum atomic E-state index is 13.4. The molecular formula is C23H24N2O4S. The Kier molecular flexibility index (Phi) is 7.32. The minimum absolute atomic E-state index is 0.188. The van der Waals surface area contributed by atoms with Gasteiger partial charge in [0.15, 0.2) is 5.13 Å². The van der Waals surface area contributed by atoms with E-state index in [9.17, 15) is 9.59 Å². The molecule has 0 saturated carbocycles. The molecule has 0 fully saturated rings. The van der Waals surface area contributed by atoms with Crippen LogP contribution >= 0.6 is 11.3 Å². The van der Waals surface area contributed by atoms with Gasteiger partial charge in [-0.15, -0.1) is 0 Å². The van der Waals surface area contributed by atoms with Crippen molar-refractivity contribution in [1.82, 2.24) is 4.98 Å². The predicted molar refractivity (Wildman–Crippen MR) is 117 cm³/mol. The second-order valence-electron chi connectivity index (χ2n) is 6.64. The maximum absolute atomic E-state index is 13.4. The molecule has 0 aliphatic heterocycles. The van der Waals surface area contributed by atoms with Gasteiger partial charge in [0.05, 0.1) is 25.5 Å². The van der Waals surface area contributed by atoms with Crippen LogP contribution < -0.4 is 4.90 Å². The zero-order chi connectivity index (χ0) is 21.5. The third kappa shape index (κ3) is 5.11. The summed E-state index contributed by atoms with van der Waals surface area (Å²) in [6.45, 7) is 4.61. The van der Waals surface area contributed by atoms with Crippen molar-refractivity contribution in [3.8, 4) is 0 Å². The van der Waals surface area contributed by atoms with Crippen LogP contribution in [0, 0.1) is 6.92 Å². The molecule has 1 amide bonds. The highest BCUT2D eigenvalue weighted by Crippen LogP contribution is 2.29. The lowest BCUT2D eigenvalue weighted by atomic mass is 10.1. The molecule has 0 atom stereocenters. The van der Waals surface area contributed by atoms with E-state index < -0.39 is 5.97 Å². The van der Waals surface area contributed by atoms with Crippen molar-refractivity contribution >= 4 is 28.3 Å². The van der Waals surface area contributed by atoms with E-state index >= 15 is 0 Å². The van der Waals surface area contributed by atoms with Crippen LogP contribution in [0.2, 0.25) is 0 Å². The number of methoxy groups -OCH3 is 1. The van der Waals surface area contributed by atoms with E-state index in [4.69, 9.17) is 9.47 Å². The molecule has 0 radical (unpaired) electrons. The van der Waals surface area contributed by atoms with Crippen molar-refractivity contribution in [2.75, 3.05) is 18.6 Å². The van der Waals surface area contributed by atoms with Gasteiger partial charge < -0.3 is 9.47 Å². The molecular weight excluding hydrogens is 400 g/mol. The molecule has 3 aromatic rings. The Balaban J connectivity index is 1.95. The Bertz CT molecular complexity index is 1000. The van der Waals surface area contributed by atoms with Gasteiger partial charge in [0, 0.05) is 12.7 Å². The monoisotopic (exact) mass is 424 g/mol. The van der Waals surface area contributed by atoms with Crippen molar-refractivity contribution in [3.63, 3.8) is 0 Å². The first-order chi connectivity index (χ1) is 14.5. The number of aromatic nitrogens is 1. The molecule has 7 heteroatoms. The quantitative estimate of drug-likeness (QED) is 0.494. The lowest BCUT2D eigenvalue weighted by Gasteiger charge is -2.20. The summed E-state index contributed by atoms with van der Waals surface area (Å²) < 4.78 is 10.3. The molecule has 1 aromatic heterocycles. The number of nitrogens with zero attached hydrogens (tertiary/aromatic N) is 2. The van der Waals surface area contributed by atoms with Crippen LogP contribution in [-0.4, -0.2) is 30.6 Å². The Labute approximate surface area is 180 Å². The second-order valence-corrected chi connectivity index (χ2v) is 7.62. The Morgan fingerprint density at radius 2 is 1.73 bits per heavy atom. The number of aryl methyl sites for hydroxylation is 1. The zero-order valence-electron chi connectivity index (χ0n) is 17.3. The SMILES string of the molecule is CCOC(=O)c1sc(N(Cc2ccccc2)C(=O)c2ccc(COC)cc2)nc1C. The normalized spacial score (nSPS) is 10.6. The average Bonchev–Trinajstić information content (AvgIpc) is 3.15. The van der Waals surface area contributed by atoms with Gasteiger partial charge in [0.2, 0.25) is 0 Å². The number of anilines is 1. The lowest BCUT2D eigenvalue weighted by Crippen LogP contribution is -2.30. The number of rotatable bonds is 8. The van der Waals surface area contributed by atoms with E-state index in [1.165, 1.54) is 11.3 Å². The summed E-state index contributed by atoms with van der Waals surface area (Å²) in [6, 6.07) is 17.0. The number of carbonyl (C=O) groups excluding carboxylic acids is 2. The fraction of sp³-hybridized carbons (Fsp3) is 0.261. The van der Waals surface area contributed by atoms with Crippen LogP contribution in [-0.2, 0) is 22.6 Å². The number of amides is 1. The first-order valence-corrected chi connectivity index (χ1v) is 10.4. The number of ether oxygens (including phenoxy) is 2. The van der Waals surface area contributed by atoms with E-state index in [-0.39, 0.29) is 12.5 Å². The van der Waals surface area contributed by atoms with Crippen molar-refractivity contribution < 1.29 is 19.1 Å². The van der Waals surface area contributed by atoms with Crippen molar-refractivity contribution in [2.45, 2.75) is 27.0 Å². The topological polar surface area (TPSA) is 68.7 Å². The summed E-state index contributed by atoms with van der Waals surface area (Å²) in [5.41, 5.74) is 3.04. The molecule has 0 saturated heterocycles. The average molecular weight is 425 g/mol. The smallest absolute Gasteiger partial charge is 0.350 e. The maximum Gasteiger partial charge on any atom is 0.350 e. The second kappa shape index (κ2) is 10.1. The number of hydrogen-bond acceptors (Lipinski definition) is 6. The summed E-state index contributed by atoms with van der Waals surface area (Å²) in [7, 11) is 1.63. The molecule has 0 spiro atoms. The van der Waals surface area contributed by atoms with E-state index in [1.54, 1.807) is 38.0 Å². The number of benzene rings is 2. The molecule has 0 aliphatic rings. The molecule has 0 aliphatic carbocycles. The van der Waals surface area contributed by atoms with Gasteiger partial charge in [-0.1, -0.05) is 53.8 Å². The first-order valence-electron chi connectivity index (χ1n) is 9.61. The summed E-state index contributed by atoms with van der Waals surface area (Å²) in [5.74, 6) is -0.609. The first kappa shape index (κ1) is 21.7. The highest BCUT2D eigenvalue weighted by atomic mass is 32.1. The van der Waals surface area contributed by atoms with E-state index in [0.29, 0.717) is 34.4 Å². The zero-order valence-corrected chi connectivity index (χ0v) is 18.1. The highest BCUT2D eigenvalue weighted by Gasteiger charge is 2.25. The summed E-state index contributed by atoms with van der Waals surface area (Å²) >= 11 is 1.17.